The van der Waals surface area contributed by atoms with Crippen molar-refractivity contribution in [2.75, 3.05) is 13.7 Å². The van der Waals surface area contributed by atoms with Crippen LogP contribution in [0.5, 0.6) is 17.2 Å². The highest BCUT2D eigenvalue weighted by atomic mass is 79.9. The molecule has 0 bridgehead atoms. The van der Waals surface area contributed by atoms with Gasteiger partial charge in [-0.25, -0.2) is 5.43 Å². The number of hydrogen-bond acceptors (Lipinski definition) is 5. The van der Waals surface area contributed by atoms with Crippen LogP contribution in [0.3, 0.4) is 0 Å². The summed E-state index contributed by atoms with van der Waals surface area (Å²) < 4.78 is 17.8. The lowest BCUT2D eigenvalue weighted by Crippen LogP contribution is -2.24. The van der Waals surface area contributed by atoms with Gasteiger partial charge in [-0.05, 0) is 75.4 Å². The van der Waals surface area contributed by atoms with Gasteiger partial charge in [0, 0.05) is 0 Å². The smallest absolute Gasteiger partial charge is 0.277 e. The number of hydrogen-bond donors (Lipinski definition) is 1. The van der Waals surface area contributed by atoms with Gasteiger partial charge in [0.15, 0.2) is 18.1 Å². The Bertz CT molecular complexity index is 1370. The topological polar surface area (TPSA) is 69.2 Å². The number of amides is 1. The van der Waals surface area contributed by atoms with Gasteiger partial charge in [-0.2, -0.15) is 5.10 Å². The van der Waals surface area contributed by atoms with Crippen molar-refractivity contribution in [2.24, 2.45) is 5.10 Å². The third-order valence-corrected chi connectivity index (χ3v) is 6.12. The Morgan fingerprint density at radius 1 is 0.865 bits per heavy atom. The summed E-state index contributed by atoms with van der Waals surface area (Å²) >= 11 is 3.52. The predicted molar refractivity (Wildman–Crippen MR) is 149 cm³/mol. The van der Waals surface area contributed by atoms with E-state index in [-0.39, 0.29) is 12.5 Å². The molecule has 0 heterocycles. The van der Waals surface area contributed by atoms with Crippen LogP contribution in [0, 0.1) is 6.92 Å². The Labute approximate surface area is 225 Å². The molecule has 4 rings (SSSR count). The van der Waals surface area contributed by atoms with E-state index in [0.717, 1.165) is 26.7 Å². The minimum atomic E-state index is -0.375. The zero-order chi connectivity index (χ0) is 26.0. The quantitative estimate of drug-likeness (QED) is 0.177. The van der Waals surface area contributed by atoms with Crippen LogP contribution in [0.4, 0.5) is 0 Å². The molecule has 4 aromatic carbocycles. The molecule has 0 radical (unpaired) electrons. The molecule has 0 aliphatic rings. The Morgan fingerprint density at radius 2 is 1.62 bits per heavy atom. The Morgan fingerprint density at radius 3 is 2.35 bits per heavy atom. The molecule has 0 spiro atoms. The van der Waals surface area contributed by atoms with E-state index in [1.807, 2.05) is 79.7 Å². The SMILES string of the molecule is COc1cc(/C=N/NC(=O)COc2ccc(-c3ccccc3)cc2Br)ccc1OCc1ccc(C)cc1. The second-order valence-corrected chi connectivity index (χ2v) is 9.13. The number of aryl methyl sites for hydroxylation is 1. The van der Waals surface area contributed by atoms with Crippen molar-refractivity contribution < 1.29 is 19.0 Å². The first-order valence-electron chi connectivity index (χ1n) is 11.7. The second kappa shape index (κ2) is 12.7. The third-order valence-electron chi connectivity index (χ3n) is 5.50. The first kappa shape index (κ1) is 26.0. The van der Waals surface area contributed by atoms with E-state index in [1.54, 1.807) is 13.2 Å². The van der Waals surface area contributed by atoms with Gasteiger partial charge in [-0.3, -0.25) is 4.79 Å². The maximum absolute atomic E-state index is 12.2. The van der Waals surface area contributed by atoms with Crippen molar-refractivity contribution in [2.45, 2.75) is 13.5 Å². The molecular weight excluding hydrogens is 532 g/mol. The highest BCUT2D eigenvalue weighted by Crippen LogP contribution is 2.31. The van der Waals surface area contributed by atoms with Crippen molar-refractivity contribution in [3.63, 3.8) is 0 Å². The fourth-order valence-electron chi connectivity index (χ4n) is 3.51. The summed E-state index contributed by atoms with van der Waals surface area (Å²) in [5, 5.41) is 4.02. The van der Waals surface area contributed by atoms with Gasteiger partial charge in [-0.15, -0.1) is 0 Å². The van der Waals surface area contributed by atoms with Gasteiger partial charge in [-0.1, -0.05) is 66.2 Å². The Hall–Kier alpha value is -4.10. The number of hydrazone groups is 1. The predicted octanol–water partition coefficient (Wildman–Crippen LogP) is 6.54. The summed E-state index contributed by atoms with van der Waals surface area (Å²) in [6.07, 6.45) is 1.54. The summed E-state index contributed by atoms with van der Waals surface area (Å²) in [5.74, 6) is 1.40. The number of benzene rings is 4. The van der Waals surface area contributed by atoms with E-state index in [0.29, 0.717) is 23.9 Å². The maximum atomic E-state index is 12.2. The monoisotopic (exact) mass is 558 g/mol. The van der Waals surface area contributed by atoms with Crippen molar-refractivity contribution in [1.29, 1.82) is 0 Å². The van der Waals surface area contributed by atoms with Crippen LogP contribution >= 0.6 is 15.9 Å². The number of rotatable bonds is 10. The number of nitrogens with one attached hydrogen (secondary N) is 1. The van der Waals surface area contributed by atoms with Crippen molar-refractivity contribution in [1.82, 2.24) is 5.43 Å². The number of carbonyl (C=O) groups is 1. The lowest BCUT2D eigenvalue weighted by molar-refractivity contribution is -0.123. The van der Waals surface area contributed by atoms with Crippen LogP contribution in [0.15, 0.2) is 101 Å². The molecule has 6 nitrogen and oxygen atoms in total. The fourth-order valence-corrected chi connectivity index (χ4v) is 4.00. The first-order valence-corrected chi connectivity index (χ1v) is 12.5. The molecule has 4 aromatic rings. The highest BCUT2D eigenvalue weighted by molar-refractivity contribution is 9.10. The summed E-state index contributed by atoms with van der Waals surface area (Å²) in [6.45, 7) is 2.31. The van der Waals surface area contributed by atoms with Gasteiger partial charge in [0.2, 0.25) is 0 Å². The second-order valence-electron chi connectivity index (χ2n) is 8.28. The molecular formula is C30H27BrN2O4. The van der Waals surface area contributed by atoms with E-state index in [9.17, 15) is 4.79 Å². The summed E-state index contributed by atoms with van der Waals surface area (Å²) in [7, 11) is 1.58. The summed E-state index contributed by atoms with van der Waals surface area (Å²) in [5.41, 5.74) is 7.66. The van der Waals surface area contributed by atoms with Gasteiger partial charge in [0.05, 0.1) is 17.8 Å². The van der Waals surface area contributed by atoms with Crippen LogP contribution in [0.1, 0.15) is 16.7 Å². The number of methoxy groups -OCH3 is 1. The van der Waals surface area contributed by atoms with Crippen molar-refractivity contribution in [3.8, 4) is 28.4 Å². The molecule has 7 heteroatoms. The van der Waals surface area contributed by atoms with Crippen LogP contribution in [0.25, 0.3) is 11.1 Å². The van der Waals surface area contributed by atoms with Crippen molar-refractivity contribution in [3.05, 3.63) is 112 Å². The molecule has 0 aliphatic heterocycles. The normalized spacial score (nSPS) is 10.8. The molecule has 0 saturated carbocycles. The molecule has 188 valence electrons. The van der Waals surface area contributed by atoms with E-state index >= 15 is 0 Å². The standard InChI is InChI=1S/C30H27BrN2O4/c1-21-8-10-22(11-9-21)19-36-28-14-12-23(16-29(28)35-2)18-32-33-30(34)20-37-27-15-13-25(17-26(27)31)24-6-4-3-5-7-24/h3-18H,19-20H2,1-2H3,(H,33,34)/b32-18+. The molecule has 1 amide bonds. The minimum Gasteiger partial charge on any atom is -0.493 e. The molecule has 0 atom stereocenters. The molecule has 0 fully saturated rings. The van der Waals surface area contributed by atoms with Crippen LogP contribution in [0.2, 0.25) is 0 Å². The third kappa shape index (κ3) is 7.44. The molecule has 0 aromatic heterocycles. The molecule has 0 unspecified atom stereocenters. The van der Waals surface area contributed by atoms with E-state index in [1.165, 1.54) is 11.8 Å². The van der Waals surface area contributed by atoms with Crippen LogP contribution in [-0.2, 0) is 11.4 Å². The lowest BCUT2D eigenvalue weighted by atomic mass is 10.1. The van der Waals surface area contributed by atoms with Gasteiger partial charge in [0.1, 0.15) is 12.4 Å². The van der Waals surface area contributed by atoms with Crippen LogP contribution < -0.4 is 19.6 Å². The van der Waals surface area contributed by atoms with Crippen LogP contribution in [-0.4, -0.2) is 25.8 Å². The largest absolute Gasteiger partial charge is 0.493 e. The van der Waals surface area contributed by atoms with E-state index < -0.39 is 0 Å². The average molecular weight is 559 g/mol. The zero-order valence-electron chi connectivity index (χ0n) is 20.6. The van der Waals surface area contributed by atoms with Gasteiger partial charge >= 0.3 is 0 Å². The van der Waals surface area contributed by atoms with E-state index in [4.69, 9.17) is 14.2 Å². The number of nitrogens with zero attached hydrogens (tertiary/aromatic N) is 1. The van der Waals surface area contributed by atoms with Gasteiger partial charge in [0.25, 0.3) is 5.91 Å². The zero-order valence-corrected chi connectivity index (χ0v) is 22.2. The van der Waals surface area contributed by atoms with Gasteiger partial charge < -0.3 is 14.2 Å². The number of ether oxygens (including phenoxy) is 3. The molecule has 0 saturated heterocycles. The highest BCUT2D eigenvalue weighted by Gasteiger charge is 2.08. The molecule has 37 heavy (non-hydrogen) atoms. The lowest BCUT2D eigenvalue weighted by Gasteiger charge is -2.11. The average Bonchev–Trinajstić information content (AvgIpc) is 2.93. The maximum Gasteiger partial charge on any atom is 0.277 e. The minimum absolute atomic E-state index is 0.171. The number of carbonyl (C=O) groups excluding carboxylic acids is 1. The Balaban J connectivity index is 1.28. The molecule has 0 aliphatic carbocycles. The van der Waals surface area contributed by atoms with Crippen molar-refractivity contribution >= 4 is 28.1 Å². The summed E-state index contributed by atoms with van der Waals surface area (Å²) in [6, 6.07) is 29.4. The Kier molecular flexibility index (Phi) is 8.94. The summed E-state index contributed by atoms with van der Waals surface area (Å²) in [4.78, 5) is 12.2. The first-order chi connectivity index (χ1) is 18.0. The molecule has 1 N–H and O–H groups in total. The number of halogens is 1. The fraction of sp³-hybridized carbons (Fsp3) is 0.133. The van der Waals surface area contributed by atoms with E-state index in [2.05, 4.69) is 38.6 Å².